The molecule has 0 spiro atoms. The molecule has 2 aliphatic heterocycles. The van der Waals surface area contributed by atoms with E-state index in [1.165, 1.54) is 0 Å². The van der Waals surface area contributed by atoms with Gasteiger partial charge in [-0.2, -0.15) is 0 Å². The van der Waals surface area contributed by atoms with Crippen LogP contribution < -0.4 is 0 Å². The molecule has 138 valence electrons. The van der Waals surface area contributed by atoms with Gasteiger partial charge in [0.15, 0.2) is 5.82 Å². The highest BCUT2D eigenvalue weighted by molar-refractivity contribution is 5.76. The zero-order valence-electron chi connectivity index (χ0n) is 14.7. The number of aromatic nitrogens is 5. The van der Waals surface area contributed by atoms with Gasteiger partial charge in [0, 0.05) is 25.8 Å². The minimum absolute atomic E-state index is 0.0358. The average Bonchev–Trinajstić information content (AvgIpc) is 3.33. The van der Waals surface area contributed by atoms with Crippen LogP contribution in [0.5, 0.6) is 0 Å². The maximum Gasteiger partial charge on any atom is 0.245 e. The first-order chi connectivity index (χ1) is 12.8. The summed E-state index contributed by atoms with van der Waals surface area (Å²) < 4.78 is 6.98. The molecule has 2 aliphatic rings. The van der Waals surface area contributed by atoms with Crippen molar-refractivity contribution in [1.82, 2.24) is 35.0 Å². The third-order valence-corrected chi connectivity index (χ3v) is 4.96. The second-order valence-corrected chi connectivity index (χ2v) is 6.64. The Morgan fingerprint density at radius 3 is 2.92 bits per heavy atom. The lowest BCUT2D eigenvalue weighted by molar-refractivity contribution is -0.133. The van der Waals surface area contributed by atoms with Crippen molar-refractivity contribution in [2.24, 2.45) is 0 Å². The van der Waals surface area contributed by atoms with Gasteiger partial charge >= 0.3 is 0 Å². The highest BCUT2D eigenvalue weighted by Crippen LogP contribution is 2.30. The predicted octanol–water partition coefficient (Wildman–Crippen LogP) is 0.264. The van der Waals surface area contributed by atoms with Gasteiger partial charge in [0.05, 0.1) is 31.5 Å². The Bertz CT molecular complexity index is 730. The highest BCUT2D eigenvalue weighted by Gasteiger charge is 2.31. The fraction of sp³-hybridized carbons (Fsp3) is 0.588. The quantitative estimate of drug-likeness (QED) is 0.758. The SMILES string of the molecule is O=C(Cn1nnnc1CN1CCOCC1)N1CCCC1c1ccccn1. The lowest BCUT2D eigenvalue weighted by Crippen LogP contribution is -2.37. The minimum atomic E-state index is 0.0358. The van der Waals surface area contributed by atoms with Crippen molar-refractivity contribution < 1.29 is 9.53 Å². The number of ether oxygens (including phenoxy) is 1. The molecular formula is C17H23N7O2. The van der Waals surface area contributed by atoms with Gasteiger partial charge in [0.1, 0.15) is 6.54 Å². The molecular weight excluding hydrogens is 334 g/mol. The van der Waals surface area contributed by atoms with E-state index in [9.17, 15) is 4.79 Å². The number of rotatable bonds is 5. The molecule has 2 aromatic heterocycles. The summed E-state index contributed by atoms with van der Waals surface area (Å²) in [4.78, 5) is 21.5. The summed E-state index contributed by atoms with van der Waals surface area (Å²) in [6.07, 6.45) is 3.71. The number of hydrogen-bond donors (Lipinski definition) is 0. The number of hydrogen-bond acceptors (Lipinski definition) is 7. The number of carbonyl (C=O) groups excluding carboxylic acids is 1. The van der Waals surface area contributed by atoms with Crippen LogP contribution in [-0.4, -0.2) is 73.7 Å². The molecule has 4 rings (SSSR count). The van der Waals surface area contributed by atoms with E-state index in [1.54, 1.807) is 10.9 Å². The van der Waals surface area contributed by atoms with E-state index in [0.717, 1.165) is 51.4 Å². The molecule has 9 heteroatoms. The number of pyridine rings is 1. The highest BCUT2D eigenvalue weighted by atomic mass is 16.5. The van der Waals surface area contributed by atoms with Crippen LogP contribution in [0.25, 0.3) is 0 Å². The molecule has 0 aromatic carbocycles. The van der Waals surface area contributed by atoms with Crippen molar-refractivity contribution >= 4 is 5.91 Å². The molecule has 1 atom stereocenters. The van der Waals surface area contributed by atoms with E-state index in [0.29, 0.717) is 12.4 Å². The van der Waals surface area contributed by atoms with Gasteiger partial charge in [0.2, 0.25) is 5.91 Å². The minimum Gasteiger partial charge on any atom is -0.379 e. The second-order valence-electron chi connectivity index (χ2n) is 6.64. The molecule has 26 heavy (non-hydrogen) atoms. The van der Waals surface area contributed by atoms with Gasteiger partial charge in [-0.3, -0.25) is 14.7 Å². The monoisotopic (exact) mass is 357 g/mol. The summed E-state index contributed by atoms with van der Waals surface area (Å²) in [6.45, 7) is 4.70. The average molecular weight is 357 g/mol. The third kappa shape index (κ3) is 3.73. The molecule has 0 radical (unpaired) electrons. The fourth-order valence-electron chi connectivity index (χ4n) is 3.58. The van der Waals surface area contributed by atoms with Crippen LogP contribution in [0.2, 0.25) is 0 Å². The van der Waals surface area contributed by atoms with E-state index < -0.39 is 0 Å². The smallest absolute Gasteiger partial charge is 0.245 e. The molecule has 0 aliphatic carbocycles. The number of nitrogens with zero attached hydrogens (tertiary/aromatic N) is 7. The Kier molecular flexibility index (Phi) is 5.16. The summed E-state index contributed by atoms with van der Waals surface area (Å²) in [5.41, 5.74) is 0.948. The van der Waals surface area contributed by atoms with Crippen molar-refractivity contribution in [3.63, 3.8) is 0 Å². The summed E-state index contributed by atoms with van der Waals surface area (Å²) >= 11 is 0. The number of tetrazole rings is 1. The van der Waals surface area contributed by atoms with Crippen molar-refractivity contribution in [2.45, 2.75) is 32.0 Å². The molecule has 0 N–H and O–H groups in total. The largest absolute Gasteiger partial charge is 0.379 e. The lowest BCUT2D eigenvalue weighted by atomic mass is 10.1. The first-order valence-corrected chi connectivity index (χ1v) is 9.07. The first-order valence-electron chi connectivity index (χ1n) is 9.07. The summed E-state index contributed by atoms with van der Waals surface area (Å²) in [5.74, 6) is 0.752. The molecule has 2 fully saturated rings. The summed E-state index contributed by atoms with van der Waals surface area (Å²) in [7, 11) is 0. The zero-order valence-corrected chi connectivity index (χ0v) is 14.7. The van der Waals surface area contributed by atoms with Gasteiger partial charge in [-0.15, -0.1) is 5.10 Å². The fourth-order valence-corrected chi connectivity index (χ4v) is 3.58. The molecule has 9 nitrogen and oxygen atoms in total. The Morgan fingerprint density at radius 2 is 2.12 bits per heavy atom. The van der Waals surface area contributed by atoms with Gasteiger partial charge < -0.3 is 9.64 Å². The Labute approximate surface area is 151 Å². The van der Waals surface area contributed by atoms with E-state index in [4.69, 9.17) is 4.74 Å². The van der Waals surface area contributed by atoms with Gasteiger partial charge in [-0.1, -0.05) is 6.07 Å². The van der Waals surface area contributed by atoms with E-state index >= 15 is 0 Å². The number of carbonyl (C=O) groups is 1. The van der Waals surface area contributed by atoms with Gasteiger partial charge in [0.25, 0.3) is 0 Å². The Balaban J connectivity index is 1.42. The lowest BCUT2D eigenvalue weighted by Gasteiger charge is -2.26. The molecule has 0 bridgehead atoms. The third-order valence-electron chi connectivity index (χ3n) is 4.96. The number of likely N-dealkylation sites (tertiary alicyclic amines) is 1. The van der Waals surface area contributed by atoms with Crippen LogP contribution in [-0.2, 0) is 22.6 Å². The maximum absolute atomic E-state index is 12.9. The summed E-state index contributed by atoms with van der Waals surface area (Å²) in [6, 6.07) is 5.88. The maximum atomic E-state index is 12.9. The Morgan fingerprint density at radius 1 is 1.23 bits per heavy atom. The molecule has 1 unspecified atom stereocenters. The number of amides is 1. The van der Waals surface area contributed by atoms with Crippen molar-refractivity contribution in [3.8, 4) is 0 Å². The zero-order chi connectivity index (χ0) is 17.8. The van der Waals surface area contributed by atoms with Crippen molar-refractivity contribution in [1.29, 1.82) is 0 Å². The van der Waals surface area contributed by atoms with Crippen LogP contribution in [0.15, 0.2) is 24.4 Å². The summed E-state index contributed by atoms with van der Waals surface area (Å²) in [5, 5.41) is 11.9. The van der Waals surface area contributed by atoms with Crippen LogP contribution in [0, 0.1) is 0 Å². The van der Waals surface area contributed by atoms with Gasteiger partial charge in [-0.05, 0) is 35.4 Å². The Hall–Kier alpha value is -2.39. The molecule has 2 saturated heterocycles. The van der Waals surface area contributed by atoms with Crippen LogP contribution in [0.4, 0.5) is 0 Å². The molecule has 0 saturated carbocycles. The molecule has 2 aromatic rings. The van der Waals surface area contributed by atoms with Crippen LogP contribution >= 0.6 is 0 Å². The first kappa shape index (κ1) is 17.0. The van der Waals surface area contributed by atoms with E-state index in [-0.39, 0.29) is 18.5 Å². The normalized spacial score (nSPS) is 21.2. The van der Waals surface area contributed by atoms with Gasteiger partial charge in [-0.25, -0.2) is 4.68 Å². The van der Waals surface area contributed by atoms with E-state index in [1.807, 2.05) is 23.1 Å². The molecule has 1 amide bonds. The predicted molar refractivity (Wildman–Crippen MR) is 91.8 cm³/mol. The standard InChI is InChI=1S/C17H23N7O2/c25-17(23-7-3-5-15(23)14-4-1-2-6-18-14)13-24-16(19-20-21-24)12-22-8-10-26-11-9-22/h1-2,4,6,15H,3,5,7-13H2. The van der Waals surface area contributed by atoms with Crippen LogP contribution in [0.3, 0.4) is 0 Å². The molecule has 4 heterocycles. The van der Waals surface area contributed by atoms with Crippen molar-refractivity contribution in [3.05, 3.63) is 35.9 Å². The second kappa shape index (κ2) is 7.88. The van der Waals surface area contributed by atoms with Crippen molar-refractivity contribution in [2.75, 3.05) is 32.8 Å². The van der Waals surface area contributed by atoms with E-state index in [2.05, 4.69) is 25.4 Å². The number of morpholine rings is 1. The topological polar surface area (TPSA) is 89.3 Å². The van der Waals surface area contributed by atoms with Crippen LogP contribution in [0.1, 0.15) is 30.4 Å².